The van der Waals surface area contributed by atoms with Crippen LogP contribution in [0.15, 0.2) is 4.52 Å². The fraction of sp³-hybridized carbons (Fsp3) is 0.846. The molecule has 18 heavy (non-hydrogen) atoms. The highest BCUT2D eigenvalue weighted by Gasteiger charge is 2.25. The number of likely N-dealkylation sites (N-methyl/N-ethyl adjacent to an activating group) is 1. The van der Waals surface area contributed by atoms with Gasteiger partial charge in [-0.3, -0.25) is 0 Å². The summed E-state index contributed by atoms with van der Waals surface area (Å²) in [7, 11) is 4.05. The first-order chi connectivity index (χ1) is 8.65. The molecule has 0 bridgehead atoms. The van der Waals surface area contributed by atoms with E-state index in [4.69, 9.17) is 4.52 Å². The van der Waals surface area contributed by atoms with E-state index in [9.17, 15) is 5.11 Å². The summed E-state index contributed by atoms with van der Waals surface area (Å²) in [6.45, 7) is 0.922. The minimum atomic E-state index is -0.198. The van der Waals surface area contributed by atoms with Gasteiger partial charge in [0.15, 0.2) is 5.82 Å². The second-order valence-corrected chi connectivity index (χ2v) is 5.47. The molecule has 0 aromatic carbocycles. The molecule has 1 N–H and O–H groups in total. The fourth-order valence-corrected chi connectivity index (χ4v) is 2.45. The molecule has 1 heterocycles. The zero-order valence-corrected chi connectivity index (χ0v) is 11.3. The van der Waals surface area contributed by atoms with Gasteiger partial charge in [-0.2, -0.15) is 4.98 Å². The van der Waals surface area contributed by atoms with Crippen molar-refractivity contribution in [2.24, 2.45) is 5.92 Å². The van der Waals surface area contributed by atoms with Crippen LogP contribution < -0.4 is 0 Å². The maximum Gasteiger partial charge on any atom is 0.227 e. The van der Waals surface area contributed by atoms with Gasteiger partial charge in [0.1, 0.15) is 0 Å². The van der Waals surface area contributed by atoms with E-state index in [1.807, 2.05) is 14.1 Å². The average Bonchev–Trinajstić information content (AvgIpc) is 2.77. The number of aliphatic hydroxyl groups excluding tert-OH is 1. The summed E-state index contributed by atoms with van der Waals surface area (Å²) in [6, 6.07) is 0. The molecule has 1 fully saturated rings. The molecule has 5 nitrogen and oxygen atoms in total. The molecule has 0 saturated heterocycles. The van der Waals surface area contributed by atoms with Crippen molar-refractivity contribution in [1.29, 1.82) is 0 Å². The summed E-state index contributed by atoms with van der Waals surface area (Å²) < 4.78 is 5.26. The third-order valence-corrected chi connectivity index (χ3v) is 3.60. The van der Waals surface area contributed by atoms with Crippen molar-refractivity contribution in [3.05, 3.63) is 11.7 Å². The second kappa shape index (κ2) is 6.29. The molecular formula is C13H23N3O2. The Labute approximate surface area is 108 Å². The standard InChI is InChI=1S/C13H23N3O2/c1-16(2)8-7-12-14-13(18-15-12)9-10-5-3-4-6-11(10)17/h10-11,17H,3-9H2,1-2H3. The minimum Gasteiger partial charge on any atom is -0.393 e. The second-order valence-electron chi connectivity index (χ2n) is 5.47. The summed E-state index contributed by atoms with van der Waals surface area (Å²) in [4.78, 5) is 6.49. The molecule has 1 aliphatic carbocycles. The van der Waals surface area contributed by atoms with Crippen LogP contribution in [0.2, 0.25) is 0 Å². The van der Waals surface area contributed by atoms with Gasteiger partial charge >= 0.3 is 0 Å². The number of aliphatic hydroxyl groups is 1. The first-order valence-corrected chi connectivity index (χ1v) is 6.79. The van der Waals surface area contributed by atoms with Gasteiger partial charge in [-0.05, 0) is 32.9 Å². The van der Waals surface area contributed by atoms with Gasteiger partial charge in [0.05, 0.1) is 6.10 Å². The Bertz CT molecular complexity index is 365. The minimum absolute atomic E-state index is 0.198. The molecular weight excluding hydrogens is 230 g/mol. The van der Waals surface area contributed by atoms with Crippen LogP contribution in [0.25, 0.3) is 0 Å². The average molecular weight is 253 g/mol. The van der Waals surface area contributed by atoms with Gasteiger partial charge < -0.3 is 14.5 Å². The van der Waals surface area contributed by atoms with E-state index in [0.717, 1.165) is 44.5 Å². The largest absolute Gasteiger partial charge is 0.393 e. The molecule has 0 radical (unpaired) electrons. The van der Waals surface area contributed by atoms with Gasteiger partial charge in [-0.25, -0.2) is 0 Å². The monoisotopic (exact) mass is 253 g/mol. The Hall–Kier alpha value is -0.940. The topological polar surface area (TPSA) is 62.4 Å². The lowest BCUT2D eigenvalue weighted by Gasteiger charge is -2.26. The molecule has 0 amide bonds. The Kier molecular flexibility index (Phi) is 4.72. The molecule has 5 heteroatoms. The van der Waals surface area contributed by atoms with E-state index in [2.05, 4.69) is 15.0 Å². The SMILES string of the molecule is CN(C)CCc1noc(CC2CCCCC2O)n1. The highest BCUT2D eigenvalue weighted by atomic mass is 16.5. The summed E-state index contributed by atoms with van der Waals surface area (Å²) in [5.41, 5.74) is 0. The molecule has 1 aromatic heterocycles. The molecule has 2 rings (SSSR count). The lowest BCUT2D eigenvalue weighted by Crippen LogP contribution is -2.26. The van der Waals surface area contributed by atoms with Crippen LogP contribution in [-0.4, -0.2) is 46.9 Å². The summed E-state index contributed by atoms with van der Waals surface area (Å²) >= 11 is 0. The molecule has 102 valence electrons. The zero-order valence-electron chi connectivity index (χ0n) is 11.3. The third-order valence-electron chi connectivity index (χ3n) is 3.60. The van der Waals surface area contributed by atoms with Crippen LogP contribution in [0, 0.1) is 5.92 Å². The highest BCUT2D eigenvalue weighted by Crippen LogP contribution is 2.26. The first-order valence-electron chi connectivity index (χ1n) is 6.79. The maximum absolute atomic E-state index is 9.92. The van der Waals surface area contributed by atoms with Crippen LogP contribution in [0.4, 0.5) is 0 Å². The van der Waals surface area contributed by atoms with E-state index in [1.54, 1.807) is 0 Å². The fourth-order valence-electron chi connectivity index (χ4n) is 2.45. The number of hydrogen-bond donors (Lipinski definition) is 1. The molecule has 0 aliphatic heterocycles. The van der Waals surface area contributed by atoms with Crippen LogP contribution in [-0.2, 0) is 12.8 Å². The van der Waals surface area contributed by atoms with Gasteiger partial charge in [-0.15, -0.1) is 0 Å². The van der Waals surface area contributed by atoms with Crippen LogP contribution in [0.1, 0.15) is 37.4 Å². The Balaban J connectivity index is 1.85. The maximum atomic E-state index is 9.92. The normalized spacial score (nSPS) is 24.7. The van der Waals surface area contributed by atoms with Crippen molar-refractivity contribution >= 4 is 0 Å². The third kappa shape index (κ3) is 3.78. The van der Waals surface area contributed by atoms with E-state index in [-0.39, 0.29) is 6.10 Å². The number of hydrogen-bond acceptors (Lipinski definition) is 5. The smallest absolute Gasteiger partial charge is 0.227 e. The van der Waals surface area contributed by atoms with Gasteiger partial charge in [0.2, 0.25) is 5.89 Å². The number of aromatic nitrogens is 2. The molecule has 0 spiro atoms. The van der Waals surface area contributed by atoms with Crippen molar-refractivity contribution in [2.75, 3.05) is 20.6 Å². The van der Waals surface area contributed by atoms with Crippen molar-refractivity contribution in [2.45, 2.75) is 44.6 Å². The van der Waals surface area contributed by atoms with Crippen molar-refractivity contribution in [3.63, 3.8) is 0 Å². The summed E-state index contributed by atoms with van der Waals surface area (Å²) in [5.74, 6) is 1.74. The molecule has 2 unspecified atom stereocenters. The summed E-state index contributed by atoms with van der Waals surface area (Å²) in [6.07, 6.45) is 5.64. The van der Waals surface area contributed by atoms with Gasteiger partial charge in [-0.1, -0.05) is 18.0 Å². The van der Waals surface area contributed by atoms with Crippen molar-refractivity contribution < 1.29 is 9.63 Å². The van der Waals surface area contributed by atoms with E-state index in [0.29, 0.717) is 11.8 Å². The van der Waals surface area contributed by atoms with Crippen LogP contribution >= 0.6 is 0 Å². The molecule has 2 atom stereocenters. The van der Waals surface area contributed by atoms with Crippen molar-refractivity contribution in [3.8, 4) is 0 Å². The number of nitrogens with zero attached hydrogens (tertiary/aromatic N) is 3. The van der Waals surface area contributed by atoms with E-state index < -0.39 is 0 Å². The Morgan fingerprint density at radius 3 is 2.83 bits per heavy atom. The zero-order chi connectivity index (χ0) is 13.0. The highest BCUT2D eigenvalue weighted by molar-refractivity contribution is 4.90. The predicted molar refractivity (Wildman–Crippen MR) is 68.2 cm³/mol. The Morgan fingerprint density at radius 2 is 2.11 bits per heavy atom. The molecule has 1 saturated carbocycles. The number of rotatable bonds is 5. The van der Waals surface area contributed by atoms with Crippen LogP contribution in [0.3, 0.4) is 0 Å². The predicted octanol–water partition coefficient (Wildman–Crippen LogP) is 1.27. The quantitative estimate of drug-likeness (QED) is 0.856. The van der Waals surface area contributed by atoms with Gasteiger partial charge in [0.25, 0.3) is 0 Å². The van der Waals surface area contributed by atoms with Crippen molar-refractivity contribution in [1.82, 2.24) is 15.0 Å². The lowest BCUT2D eigenvalue weighted by molar-refractivity contribution is 0.0657. The van der Waals surface area contributed by atoms with E-state index >= 15 is 0 Å². The lowest BCUT2D eigenvalue weighted by atomic mass is 9.84. The Morgan fingerprint density at radius 1 is 1.33 bits per heavy atom. The van der Waals surface area contributed by atoms with E-state index in [1.165, 1.54) is 6.42 Å². The summed E-state index contributed by atoms with van der Waals surface area (Å²) in [5, 5.41) is 13.9. The van der Waals surface area contributed by atoms with Crippen LogP contribution in [0.5, 0.6) is 0 Å². The molecule has 1 aliphatic rings. The first kappa shape index (κ1) is 13.5. The van der Waals surface area contributed by atoms with Gasteiger partial charge in [0, 0.05) is 19.4 Å². The molecule has 1 aromatic rings.